The third-order valence-electron chi connectivity index (χ3n) is 5.54. The molecule has 2 fully saturated rings. The molecule has 5 N–H and O–H groups in total. The highest BCUT2D eigenvalue weighted by Gasteiger charge is 2.60. The summed E-state index contributed by atoms with van der Waals surface area (Å²) in [6.07, 6.45) is 2.25. The molecule has 26 heavy (non-hydrogen) atoms. The minimum absolute atomic E-state index is 0.0798. The average molecular weight is 381 g/mol. The number of fused-ring (bicyclic) bond motifs is 1. The first-order valence-electron chi connectivity index (χ1n) is 9.02. The molecule has 3 rings (SSSR count). The van der Waals surface area contributed by atoms with Gasteiger partial charge in [-0.05, 0) is 20.3 Å². The summed E-state index contributed by atoms with van der Waals surface area (Å²) in [4.78, 5) is 26.3. The Kier molecular flexibility index (Phi) is 5.48. The molecule has 3 aliphatic rings. The zero-order valence-electron chi connectivity index (χ0n) is 15.3. The lowest BCUT2D eigenvalue weighted by Gasteiger charge is -2.46. The molecule has 0 aliphatic carbocycles. The van der Waals surface area contributed by atoms with E-state index in [1.54, 1.807) is 18.7 Å². The van der Waals surface area contributed by atoms with E-state index >= 15 is 0 Å². The van der Waals surface area contributed by atoms with Gasteiger partial charge in [0.15, 0.2) is 0 Å². The molecule has 6 atom stereocenters. The van der Waals surface area contributed by atoms with Gasteiger partial charge in [0.1, 0.15) is 5.70 Å². The second-order valence-corrected chi connectivity index (χ2v) is 8.82. The zero-order valence-corrected chi connectivity index (χ0v) is 16.1. The van der Waals surface area contributed by atoms with Crippen LogP contribution < -0.4 is 11.1 Å². The van der Waals surface area contributed by atoms with Gasteiger partial charge in [0.25, 0.3) is 0 Å². The summed E-state index contributed by atoms with van der Waals surface area (Å²) < 4.78 is 0. The number of β-lactam (4-membered cyclic amide) rings is 1. The number of nitrogens with zero attached hydrogens (tertiary/aromatic N) is 1. The maximum Gasteiger partial charge on any atom is 0.353 e. The fourth-order valence-corrected chi connectivity index (χ4v) is 5.71. The number of rotatable bonds is 6. The van der Waals surface area contributed by atoms with Gasteiger partial charge in [0.2, 0.25) is 5.91 Å². The molecule has 3 heterocycles. The maximum atomic E-state index is 12.4. The van der Waals surface area contributed by atoms with Gasteiger partial charge in [-0.1, -0.05) is 18.6 Å². The Morgan fingerprint density at radius 1 is 1.54 bits per heavy atom. The molecule has 0 aromatic carbocycles. The third kappa shape index (κ3) is 3.19. The van der Waals surface area contributed by atoms with Gasteiger partial charge in [0.05, 0.1) is 18.1 Å². The summed E-state index contributed by atoms with van der Waals surface area (Å²) in [5.41, 5.74) is 6.87. The minimum atomic E-state index is -1.07. The molecule has 0 unspecified atom stereocenters. The van der Waals surface area contributed by atoms with E-state index in [4.69, 9.17) is 5.73 Å². The Hall–Kier alpha value is -1.35. The lowest BCUT2D eigenvalue weighted by atomic mass is 9.79. The Balaban J connectivity index is 1.77. The number of carbonyl (C=O) groups is 2. The summed E-state index contributed by atoms with van der Waals surface area (Å²) in [6.45, 7) is 6.86. The van der Waals surface area contributed by atoms with E-state index in [2.05, 4.69) is 11.4 Å². The van der Waals surface area contributed by atoms with Crippen molar-refractivity contribution < 1.29 is 19.8 Å². The van der Waals surface area contributed by atoms with Crippen molar-refractivity contribution in [2.75, 3.05) is 13.1 Å². The molecular formula is C18H27N3O4S. The Labute approximate surface area is 157 Å². The average Bonchev–Trinajstić information content (AvgIpc) is 3.09. The number of aliphatic hydroxyl groups is 1. The van der Waals surface area contributed by atoms with Crippen LogP contribution in [0.5, 0.6) is 0 Å². The molecule has 144 valence electrons. The van der Waals surface area contributed by atoms with Gasteiger partial charge in [-0.25, -0.2) is 4.79 Å². The van der Waals surface area contributed by atoms with Gasteiger partial charge >= 0.3 is 5.97 Å². The molecule has 1 amide bonds. The molecule has 2 saturated heterocycles. The molecule has 0 spiro atoms. The van der Waals surface area contributed by atoms with Gasteiger partial charge in [-0.15, -0.1) is 11.8 Å². The zero-order chi connectivity index (χ0) is 19.2. The molecule has 8 heteroatoms. The summed E-state index contributed by atoms with van der Waals surface area (Å²) in [5.74, 6) is -1.94. The van der Waals surface area contributed by atoms with Crippen LogP contribution in [0.25, 0.3) is 0 Å². The van der Waals surface area contributed by atoms with Gasteiger partial charge in [-0.3, -0.25) is 4.79 Å². The number of aliphatic carboxylic acids is 1. The van der Waals surface area contributed by atoms with Gasteiger partial charge < -0.3 is 26.2 Å². The van der Waals surface area contributed by atoms with Crippen LogP contribution in [0.2, 0.25) is 0 Å². The lowest BCUT2D eigenvalue weighted by Crippen LogP contribution is -2.63. The number of aliphatic hydroxyl groups excluding tert-OH is 1. The number of hydrogen-bond acceptors (Lipinski definition) is 6. The number of nitrogens with two attached hydrogens (primary N) is 1. The Morgan fingerprint density at radius 3 is 2.81 bits per heavy atom. The van der Waals surface area contributed by atoms with Crippen LogP contribution in [0.3, 0.4) is 0 Å². The van der Waals surface area contributed by atoms with Crippen molar-refractivity contribution in [3.8, 4) is 0 Å². The molecule has 0 radical (unpaired) electrons. The first-order chi connectivity index (χ1) is 12.3. The fraction of sp³-hybridized carbons (Fsp3) is 0.667. The van der Waals surface area contributed by atoms with Crippen molar-refractivity contribution in [3.63, 3.8) is 0 Å². The van der Waals surface area contributed by atoms with Crippen molar-refractivity contribution in [3.05, 3.63) is 22.3 Å². The second-order valence-electron chi connectivity index (χ2n) is 7.48. The van der Waals surface area contributed by atoms with E-state index in [1.165, 1.54) is 4.90 Å². The maximum absolute atomic E-state index is 12.4. The predicted molar refractivity (Wildman–Crippen MR) is 100 cm³/mol. The van der Waals surface area contributed by atoms with Crippen LogP contribution in [0.15, 0.2) is 22.3 Å². The smallest absolute Gasteiger partial charge is 0.353 e. The highest BCUT2D eigenvalue weighted by molar-refractivity contribution is 8.03. The number of amides is 1. The largest absolute Gasteiger partial charge is 0.477 e. The van der Waals surface area contributed by atoms with E-state index in [9.17, 15) is 19.8 Å². The highest BCUT2D eigenvalue weighted by atomic mass is 32.2. The van der Waals surface area contributed by atoms with Crippen molar-refractivity contribution in [1.82, 2.24) is 10.2 Å². The molecule has 0 aromatic rings. The molecular weight excluding hydrogens is 354 g/mol. The first kappa shape index (κ1) is 19.4. The van der Waals surface area contributed by atoms with Crippen LogP contribution >= 0.6 is 11.8 Å². The van der Waals surface area contributed by atoms with Gasteiger partial charge in [-0.2, -0.15) is 0 Å². The van der Waals surface area contributed by atoms with Crippen LogP contribution in [-0.2, 0) is 9.59 Å². The monoisotopic (exact) mass is 381 g/mol. The van der Waals surface area contributed by atoms with Gasteiger partial charge in [0, 0.05) is 35.2 Å². The summed E-state index contributed by atoms with van der Waals surface area (Å²) in [6, 6.07) is -0.00820. The molecule has 0 bridgehead atoms. The highest BCUT2D eigenvalue weighted by Crippen LogP contribution is 2.51. The second kappa shape index (κ2) is 7.34. The third-order valence-corrected chi connectivity index (χ3v) is 7.05. The standard InChI is InChI=1S/C18H27N3O4S/c1-8(6-19)4-11-5-12(7-20-11)26-16-9(2)14-13(10(3)22)17(23)21(14)15(16)18(24)25/h4,9-14,20,22H,5-7,19H2,1-3H3,(H,24,25)/b8-4+/t9-,10-,11-,12+,13-,14-/m1/s1. The predicted octanol–water partition coefficient (Wildman–Crippen LogP) is 0.509. The van der Waals surface area contributed by atoms with Crippen LogP contribution in [-0.4, -0.2) is 63.5 Å². The fourth-order valence-electron chi connectivity index (χ4n) is 4.22. The topological polar surface area (TPSA) is 116 Å². The number of thioether (sulfide) groups is 1. The molecule has 0 saturated carbocycles. The molecule has 3 aliphatic heterocycles. The molecule has 7 nitrogen and oxygen atoms in total. The van der Waals surface area contributed by atoms with Crippen LogP contribution in [0, 0.1) is 11.8 Å². The molecule has 0 aromatic heterocycles. The van der Waals surface area contributed by atoms with E-state index in [-0.39, 0.29) is 34.9 Å². The summed E-state index contributed by atoms with van der Waals surface area (Å²) in [5, 5.41) is 23.3. The normalized spacial score (nSPS) is 35.6. The van der Waals surface area contributed by atoms with Crippen LogP contribution in [0.4, 0.5) is 0 Å². The number of carboxylic acid groups (broad SMARTS) is 1. The number of hydrogen-bond donors (Lipinski definition) is 4. The van der Waals surface area contributed by atoms with Crippen molar-refractivity contribution in [2.45, 2.75) is 50.6 Å². The number of carboxylic acids is 1. The SMILES string of the molecule is C/C(=C\[C@@H]1C[C@H](SC2=C(C(=O)O)N3C(=O)[C@H]([C@@H](C)O)[C@H]3[C@H]2C)CN1)CN. The lowest BCUT2D eigenvalue weighted by molar-refractivity contribution is -0.163. The van der Waals surface area contributed by atoms with E-state index in [0.29, 0.717) is 6.54 Å². The Bertz CT molecular complexity index is 675. The van der Waals surface area contributed by atoms with E-state index < -0.39 is 18.0 Å². The summed E-state index contributed by atoms with van der Waals surface area (Å²) >= 11 is 1.56. The van der Waals surface area contributed by atoms with E-state index in [0.717, 1.165) is 23.4 Å². The van der Waals surface area contributed by atoms with Crippen molar-refractivity contribution in [1.29, 1.82) is 0 Å². The Morgan fingerprint density at radius 2 is 2.23 bits per heavy atom. The summed E-state index contributed by atoms with van der Waals surface area (Å²) in [7, 11) is 0. The first-order valence-corrected chi connectivity index (χ1v) is 9.90. The van der Waals surface area contributed by atoms with Crippen molar-refractivity contribution >= 4 is 23.6 Å². The quantitative estimate of drug-likeness (QED) is 0.391. The van der Waals surface area contributed by atoms with Crippen LogP contribution in [0.1, 0.15) is 27.2 Å². The van der Waals surface area contributed by atoms with Crippen molar-refractivity contribution in [2.24, 2.45) is 17.6 Å². The minimum Gasteiger partial charge on any atom is -0.477 e. The number of nitrogens with one attached hydrogen (secondary N) is 1. The number of carbonyl (C=O) groups excluding carboxylic acids is 1. The van der Waals surface area contributed by atoms with E-state index in [1.807, 2.05) is 13.8 Å².